The first-order valence-electron chi connectivity index (χ1n) is 11.8. The van der Waals surface area contributed by atoms with Crippen molar-refractivity contribution in [3.63, 3.8) is 0 Å². The molecule has 0 spiro atoms. The molecule has 2 nitrogen and oxygen atoms in total. The van der Waals surface area contributed by atoms with Gasteiger partial charge in [-0.25, -0.2) is 0 Å². The molecule has 3 rings (SSSR count). The molecule has 1 atom stereocenters. The Labute approximate surface area is 224 Å². The van der Waals surface area contributed by atoms with Gasteiger partial charge in [0.05, 0.1) is 0 Å². The molecule has 0 fully saturated rings. The van der Waals surface area contributed by atoms with Crippen LogP contribution < -0.4 is 0 Å². The molecule has 0 aliphatic carbocycles. The van der Waals surface area contributed by atoms with E-state index in [1.165, 1.54) is 12.8 Å². The molecule has 1 unspecified atom stereocenters. The van der Waals surface area contributed by atoms with Gasteiger partial charge in [-0.05, 0) is 43.4 Å². The third-order valence-electron chi connectivity index (χ3n) is 6.18. The zero-order chi connectivity index (χ0) is 25.0. The van der Waals surface area contributed by atoms with E-state index in [2.05, 4.69) is 76.2 Å². The van der Waals surface area contributed by atoms with E-state index in [1.54, 1.807) is 0 Å². The fourth-order valence-corrected chi connectivity index (χ4v) is 4.19. The van der Waals surface area contributed by atoms with Gasteiger partial charge in [0, 0.05) is 28.8 Å². The van der Waals surface area contributed by atoms with E-state index in [0.29, 0.717) is 5.75 Å². The van der Waals surface area contributed by atoms with E-state index in [4.69, 9.17) is 22.0 Å². The predicted molar refractivity (Wildman–Crippen MR) is 144 cm³/mol. The van der Waals surface area contributed by atoms with Crippen LogP contribution in [-0.4, -0.2) is 17.4 Å². The third kappa shape index (κ3) is 8.08. The molecule has 0 amide bonds. The molecule has 1 N–H and O–H groups in total. The number of rotatable bonds is 9. The molecule has 3 aromatic rings. The van der Waals surface area contributed by atoms with E-state index in [0.717, 1.165) is 34.6 Å². The number of hydrogen-bond donors (Lipinski definition) is 1. The van der Waals surface area contributed by atoms with Crippen LogP contribution in [0.4, 0.5) is 0 Å². The maximum absolute atomic E-state index is 11.3. The third-order valence-corrected chi connectivity index (χ3v) is 6.18. The number of para-hydroxylation sites is 1. The summed E-state index contributed by atoms with van der Waals surface area (Å²) in [6, 6.07) is 27.0. The summed E-state index contributed by atoms with van der Waals surface area (Å²) in [6.45, 7) is 8.85. The van der Waals surface area contributed by atoms with E-state index in [-0.39, 0.29) is 6.04 Å². The van der Waals surface area contributed by atoms with Gasteiger partial charge < -0.3 is 5.11 Å². The van der Waals surface area contributed by atoms with E-state index >= 15 is 0 Å². The van der Waals surface area contributed by atoms with Crippen molar-refractivity contribution in [3.8, 4) is 5.75 Å². The Hall–Kier alpha value is -1.41. The molecule has 0 aliphatic heterocycles. The van der Waals surface area contributed by atoms with Crippen LogP contribution in [0.5, 0.6) is 5.75 Å². The molecule has 180 valence electrons. The van der Waals surface area contributed by atoms with Crippen molar-refractivity contribution in [1.82, 2.24) is 0 Å². The van der Waals surface area contributed by atoms with Crippen LogP contribution in [0.15, 0.2) is 83.9 Å². The van der Waals surface area contributed by atoms with Crippen LogP contribution in [0.2, 0.25) is 0 Å². The van der Waals surface area contributed by atoms with Crippen molar-refractivity contribution in [2.24, 2.45) is 10.9 Å². The normalized spacial score (nSPS) is 12.3. The molecule has 0 heterocycles. The van der Waals surface area contributed by atoms with Gasteiger partial charge in [0.25, 0.3) is 0 Å². The van der Waals surface area contributed by atoms with E-state index in [1.807, 2.05) is 36.5 Å². The minimum absolute atomic E-state index is 0.247. The summed E-state index contributed by atoms with van der Waals surface area (Å²) in [5.74, 6) is 1.03. The van der Waals surface area contributed by atoms with E-state index in [9.17, 15) is 5.11 Å². The second-order valence-corrected chi connectivity index (χ2v) is 12.9. The van der Waals surface area contributed by atoms with Gasteiger partial charge in [-0.3, -0.25) is 4.99 Å². The molecule has 3 aromatic carbocycles. The average molecular weight is 576 g/mol. The SMILES string of the molecule is CC(C)CCCC(C)N=Cc1cccc(C(C)(c2ccccc2)c2ccccc2)c1O.[Cl][Zr][Cl]. The molecule has 0 aromatic heterocycles. The molecule has 5 heteroatoms. The number of benzene rings is 3. The van der Waals surface area contributed by atoms with Gasteiger partial charge in [-0.15, -0.1) is 0 Å². The first-order chi connectivity index (χ1) is 16.3. The van der Waals surface area contributed by atoms with Gasteiger partial charge in [-0.1, -0.05) is 99.5 Å². The van der Waals surface area contributed by atoms with Gasteiger partial charge in [0.15, 0.2) is 0 Å². The molecule has 0 radical (unpaired) electrons. The van der Waals surface area contributed by atoms with Crippen molar-refractivity contribution < 1.29 is 26.0 Å². The summed E-state index contributed by atoms with van der Waals surface area (Å²) in [7, 11) is 9.87. The predicted octanol–water partition coefficient (Wildman–Crippen LogP) is 8.76. The Balaban J connectivity index is 0.00000129. The number of phenols is 1. The Morgan fingerprint density at radius 3 is 1.88 bits per heavy atom. The van der Waals surface area contributed by atoms with Crippen LogP contribution in [0, 0.1) is 5.92 Å². The zero-order valence-corrected chi connectivity index (χ0v) is 24.5. The summed E-state index contributed by atoms with van der Waals surface area (Å²) in [6.07, 6.45) is 5.32. The van der Waals surface area contributed by atoms with Crippen LogP contribution in [0.3, 0.4) is 0 Å². The minimum atomic E-state index is -0.826. The summed E-state index contributed by atoms with van der Waals surface area (Å²) in [5, 5.41) is 11.3. The summed E-state index contributed by atoms with van der Waals surface area (Å²) >= 11 is -0.826. The molecule has 0 saturated heterocycles. The first kappa shape index (κ1) is 28.8. The fourth-order valence-electron chi connectivity index (χ4n) is 4.19. The molecule has 0 bridgehead atoms. The number of phenolic OH excluding ortho intramolecular Hbond substituents is 1. The first-order valence-corrected chi connectivity index (χ1v) is 18.1. The van der Waals surface area contributed by atoms with Gasteiger partial charge in [0.2, 0.25) is 0 Å². The summed E-state index contributed by atoms with van der Waals surface area (Å²) in [4.78, 5) is 4.74. The zero-order valence-electron chi connectivity index (χ0n) is 20.5. The number of nitrogens with zero attached hydrogens (tertiary/aromatic N) is 1. The van der Waals surface area contributed by atoms with Crippen molar-refractivity contribution in [1.29, 1.82) is 0 Å². The number of halogens is 2. The fraction of sp³-hybridized carbons (Fsp3) is 0.345. The van der Waals surface area contributed by atoms with Crippen molar-refractivity contribution in [2.75, 3.05) is 0 Å². The second kappa shape index (κ2) is 14.9. The van der Waals surface area contributed by atoms with Gasteiger partial charge in [0.1, 0.15) is 5.75 Å². The van der Waals surface area contributed by atoms with Crippen molar-refractivity contribution >= 4 is 23.2 Å². The molecule has 34 heavy (non-hydrogen) atoms. The molecular formula is C29H35Cl2NOZr. The topological polar surface area (TPSA) is 32.6 Å². The van der Waals surface area contributed by atoms with Crippen LogP contribution in [0.25, 0.3) is 0 Å². The average Bonchev–Trinajstić information content (AvgIpc) is 2.84. The molecule has 0 saturated carbocycles. The quantitative estimate of drug-likeness (QED) is 0.201. The summed E-state index contributed by atoms with van der Waals surface area (Å²) < 4.78 is 0. The maximum atomic E-state index is 11.3. The Bertz CT molecular complexity index is 970. The number of aromatic hydroxyl groups is 1. The number of hydrogen-bond acceptors (Lipinski definition) is 2. The standard InChI is InChI=1S/C29H35NO.2ClH.Zr/c1-22(2)13-11-14-23(3)30-21-24-15-12-20-27(28(24)31)29(4,25-16-7-5-8-17-25)26-18-9-6-10-19-26;;;/h5-10,12,15-23,31H,11,13-14H2,1-4H3;2*1H;/q;;;+2/p-2. The van der Waals surface area contributed by atoms with Crippen LogP contribution in [-0.2, 0) is 26.3 Å². The second-order valence-electron chi connectivity index (χ2n) is 9.12. The number of aliphatic imine (C=N–C) groups is 1. The Morgan fingerprint density at radius 1 is 0.853 bits per heavy atom. The van der Waals surface area contributed by atoms with E-state index < -0.39 is 26.3 Å². The van der Waals surface area contributed by atoms with Crippen molar-refractivity contribution in [3.05, 3.63) is 101 Å². The Morgan fingerprint density at radius 2 is 1.38 bits per heavy atom. The van der Waals surface area contributed by atoms with Crippen LogP contribution >= 0.6 is 17.0 Å². The van der Waals surface area contributed by atoms with Crippen LogP contribution in [0.1, 0.15) is 69.2 Å². The molecule has 0 aliphatic rings. The molecular weight excluding hydrogens is 540 g/mol. The summed E-state index contributed by atoms with van der Waals surface area (Å²) in [5.41, 5.74) is 3.48. The van der Waals surface area contributed by atoms with Crippen molar-refractivity contribution in [2.45, 2.75) is 58.4 Å². The Kier molecular flexibility index (Phi) is 12.6. The monoisotopic (exact) mass is 573 g/mol. The van der Waals surface area contributed by atoms with Gasteiger partial charge >= 0.3 is 37.9 Å². The van der Waals surface area contributed by atoms with Gasteiger partial charge in [-0.2, -0.15) is 0 Å².